The van der Waals surface area contributed by atoms with Crippen molar-refractivity contribution in [3.63, 3.8) is 0 Å². The van der Waals surface area contributed by atoms with E-state index in [1.807, 2.05) is 35.6 Å². The Kier molecular flexibility index (Phi) is 2.98. The topological polar surface area (TPSA) is 56.4 Å². The third kappa shape index (κ3) is 2.10. The molecule has 0 aliphatic carbocycles. The number of fused-ring (bicyclic) bond motifs is 1. The fourth-order valence-electron chi connectivity index (χ4n) is 2.40. The van der Waals surface area contributed by atoms with Crippen LogP contribution in [0.25, 0.3) is 11.2 Å². The number of hydrogen-bond acceptors (Lipinski definition) is 3. The maximum Gasteiger partial charge on any atom is 0.179 e. The highest BCUT2D eigenvalue weighted by Gasteiger charge is 2.12. The standard InChI is InChI=1S/C12H16N6S/c1-9-10-11(16(2)15-9)18(12(19)14-10)8-4-7-17-6-3-5-13-17/h3,5-6H,4,7-8H2,1-2H3,(H,14,19). The maximum absolute atomic E-state index is 5.38. The molecule has 7 heteroatoms. The lowest BCUT2D eigenvalue weighted by molar-refractivity contribution is 0.525. The minimum Gasteiger partial charge on any atom is -0.328 e. The molecule has 0 saturated heterocycles. The SMILES string of the molecule is Cc1nn(C)c2c1[nH]c(=S)n2CCCn1cccn1. The molecule has 0 spiro atoms. The van der Waals surface area contributed by atoms with Crippen molar-refractivity contribution in [2.24, 2.45) is 7.05 Å². The smallest absolute Gasteiger partial charge is 0.179 e. The third-order valence-corrected chi connectivity index (χ3v) is 3.58. The van der Waals surface area contributed by atoms with E-state index in [-0.39, 0.29) is 0 Å². The second-order valence-electron chi connectivity index (χ2n) is 4.61. The first kappa shape index (κ1) is 12.2. The Morgan fingerprint density at radius 1 is 1.37 bits per heavy atom. The van der Waals surface area contributed by atoms with Crippen LogP contribution < -0.4 is 0 Å². The van der Waals surface area contributed by atoms with Crippen LogP contribution in [0.15, 0.2) is 18.5 Å². The van der Waals surface area contributed by atoms with Gasteiger partial charge in [0, 0.05) is 32.5 Å². The van der Waals surface area contributed by atoms with Gasteiger partial charge in [0.15, 0.2) is 10.4 Å². The molecule has 3 aromatic rings. The Labute approximate surface area is 115 Å². The molecule has 0 aromatic carbocycles. The molecule has 3 heterocycles. The lowest BCUT2D eigenvalue weighted by Crippen LogP contribution is -2.07. The monoisotopic (exact) mass is 276 g/mol. The molecule has 0 bridgehead atoms. The molecule has 19 heavy (non-hydrogen) atoms. The van der Waals surface area contributed by atoms with Gasteiger partial charge in [0.25, 0.3) is 0 Å². The van der Waals surface area contributed by atoms with E-state index in [9.17, 15) is 0 Å². The Hall–Kier alpha value is -1.89. The van der Waals surface area contributed by atoms with Crippen molar-refractivity contribution in [1.82, 2.24) is 29.1 Å². The minimum atomic E-state index is 0.756. The molecular weight excluding hydrogens is 260 g/mol. The van der Waals surface area contributed by atoms with Crippen LogP contribution >= 0.6 is 12.2 Å². The van der Waals surface area contributed by atoms with Crippen LogP contribution in [0, 0.1) is 11.7 Å². The van der Waals surface area contributed by atoms with E-state index in [0.29, 0.717) is 0 Å². The number of nitrogens with zero attached hydrogens (tertiary/aromatic N) is 5. The zero-order valence-electron chi connectivity index (χ0n) is 11.0. The second-order valence-corrected chi connectivity index (χ2v) is 5.00. The quantitative estimate of drug-likeness (QED) is 0.742. The summed E-state index contributed by atoms with van der Waals surface area (Å²) < 4.78 is 6.67. The molecule has 3 rings (SSSR count). The van der Waals surface area contributed by atoms with E-state index < -0.39 is 0 Å². The van der Waals surface area contributed by atoms with Gasteiger partial charge in [0.1, 0.15) is 5.52 Å². The number of rotatable bonds is 4. The summed E-state index contributed by atoms with van der Waals surface area (Å²) in [6, 6.07) is 1.94. The predicted molar refractivity (Wildman–Crippen MR) is 75.5 cm³/mol. The summed E-state index contributed by atoms with van der Waals surface area (Å²) in [5.74, 6) is 0. The third-order valence-electron chi connectivity index (χ3n) is 3.25. The van der Waals surface area contributed by atoms with Gasteiger partial charge in [-0.1, -0.05) is 0 Å². The average Bonchev–Trinajstić information content (AvgIpc) is 3.03. The highest BCUT2D eigenvalue weighted by molar-refractivity contribution is 7.71. The van der Waals surface area contributed by atoms with E-state index in [2.05, 4.69) is 19.7 Å². The Morgan fingerprint density at radius 3 is 2.95 bits per heavy atom. The second kappa shape index (κ2) is 4.65. The largest absolute Gasteiger partial charge is 0.328 e. The van der Waals surface area contributed by atoms with Crippen molar-refractivity contribution in [2.45, 2.75) is 26.4 Å². The van der Waals surface area contributed by atoms with Crippen molar-refractivity contribution in [2.75, 3.05) is 0 Å². The van der Waals surface area contributed by atoms with E-state index in [0.717, 1.165) is 41.1 Å². The van der Waals surface area contributed by atoms with Crippen LogP contribution in [0.4, 0.5) is 0 Å². The molecule has 0 aliphatic rings. The molecule has 0 radical (unpaired) electrons. The number of hydrogen-bond donors (Lipinski definition) is 1. The molecule has 1 N–H and O–H groups in total. The summed E-state index contributed by atoms with van der Waals surface area (Å²) in [6.45, 7) is 3.73. The molecule has 6 nitrogen and oxygen atoms in total. The van der Waals surface area contributed by atoms with Gasteiger partial charge in [-0.3, -0.25) is 9.36 Å². The first-order valence-corrected chi connectivity index (χ1v) is 6.67. The zero-order valence-corrected chi connectivity index (χ0v) is 11.8. The van der Waals surface area contributed by atoms with E-state index in [1.54, 1.807) is 6.20 Å². The summed E-state index contributed by atoms with van der Waals surface area (Å²) in [5, 5.41) is 8.61. The molecule has 3 aromatic heterocycles. The predicted octanol–water partition coefficient (Wildman–Crippen LogP) is 2.03. The van der Waals surface area contributed by atoms with Crippen LogP contribution in [0.2, 0.25) is 0 Å². The average molecular weight is 276 g/mol. The Bertz CT molecular complexity index is 745. The highest BCUT2D eigenvalue weighted by atomic mass is 32.1. The molecule has 0 aliphatic heterocycles. The van der Waals surface area contributed by atoms with Gasteiger partial charge < -0.3 is 9.55 Å². The lowest BCUT2D eigenvalue weighted by Gasteiger charge is -2.05. The van der Waals surface area contributed by atoms with Gasteiger partial charge >= 0.3 is 0 Å². The van der Waals surface area contributed by atoms with Gasteiger partial charge in [-0.15, -0.1) is 0 Å². The van der Waals surface area contributed by atoms with Crippen molar-refractivity contribution in [1.29, 1.82) is 0 Å². The van der Waals surface area contributed by atoms with Gasteiger partial charge in [-0.25, -0.2) is 0 Å². The van der Waals surface area contributed by atoms with Crippen LogP contribution in [-0.2, 0) is 20.1 Å². The van der Waals surface area contributed by atoms with Crippen LogP contribution in [0.1, 0.15) is 12.1 Å². The molecule has 0 fully saturated rings. The normalized spacial score (nSPS) is 11.5. The molecule has 0 atom stereocenters. The summed E-state index contributed by atoms with van der Waals surface area (Å²) >= 11 is 5.38. The van der Waals surface area contributed by atoms with Crippen molar-refractivity contribution < 1.29 is 0 Å². The first-order chi connectivity index (χ1) is 9.16. The molecule has 0 saturated carbocycles. The summed E-state index contributed by atoms with van der Waals surface area (Å²) in [5.41, 5.74) is 3.07. The maximum atomic E-state index is 5.38. The summed E-state index contributed by atoms with van der Waals surface area (Å²) in [6.07, 6.45) is 4.75. The van der Waals surface area contributed by atoms with Crippen LogP contribution in [-0.4, -0.2) is 29.1 Å². The van der Waals surface area contributed by atoms with E-state index in [1.165, 1.54) is 0 Å². The first-order valence-electron chi connectivity index (χ1n) is 6.26. The van der Waals surface area contributed by atoms with Crippen molar-refractivity contribution in [3.8, 4) is 0 Å². The van der Waals surface area contributed by atoms with E-state index in [4.69, 9.17) is 12.2 Å². The fraction of sp³-hybridized carbons (Fsp3) is 0.417. The lowest BCUT2D eigenvalue weighted by atomic mass is 10.4. The fourth-order valence-corrected chi connectivity index (χ4v) is 2.68. The molecule has 0 unspecified atom stereocenters. The highest BCUT2D eigenvalue weighted by Crippen LogP contribution is 2.17. The van der Waals surface area contributed by atoms with Crippen LogP contribution in [0.5, 0.6) is 0 Å². The zero-order chi connectivity index (χ0) is 13.4. The van der Waals surface area contributed by atoms with Gasteiger partial charge in [0.05, 0.1) is 5.69 Å². The number of nitrogens with one attached hydrogen (secondary N) is 1. The van der Waals surface area contributed by atoms with Gasteiger partial charge in [0.2, 0.25) is 0 Å². The van der Waals surface area contributed by atoms with Crippen LogP contribution in [0.3, 0.4) is 0 Å². The van der Waals surface area contributed by atoms with Gasteiger partial charge in [-0.2, -0.15) is 10.2 Å². The number of aromatic amines is 1. The van der Waals surface area contributed by atoms with Crippen molar-refractivity contribution >= 4 is 23.4 Å². The van der Waals surface area contributed by atoms with Gasteiger partial charge in [-0.05, 0) is 31.6 Å². The minimum absolute atomic E-state index is 0.756. The number of imidazole rings is 1. The molecule has 100 valence electrons. The Balaban J connectivity index is 1.84. The van der Waals surface area contributed by atoms with E-state index >= 15 is 0 Å². The Morgan fingerprint density at radius 2 is 2.21 bits per heavy atom. The summed E-state index contributed by atoms with van der Waals surface area (Å²) in [7, 11) is 1.95. The number of aromatic nitrogens is 6. The number of H-pyrrole nitrogens is 1. The molecular formula is C12H16N6S. The number of aryl methyl sites for hydroxylation is 4. The molecule has 0 amide bonds. The summed E-state index contributed by atoms with van der Waals surface area (Å²) in [4.78, 5) is 3.23. The van der Waals surface area contributed by atoms with Crippen molar-refractivity contribution in [3.05, 3.63) is 28.9 Å².